The molecule has 3 heterocycles. The first-order chi connectivity index (χ1) is 14.2. The van der Waals surface area contributed by atoms with E-state index in [1.807, 2.05) is 41.9 Å². The van der Waals surface area contributed by atoms with E-state index in [-0.39, 0.29) is 17.9 Å². The maximum atomic E-state index is 12.5. The highest BCUT2D eigenvalue weighted by atomic mass is 32.1. The van der Waals surface area contributed by atoms with Crippen molar-refractivity contribution in [2.45, 2.75) is 6.54 Å². The van der Waals surface area contributed by atoms with Crippen LogP contribution < -0.4 is 10.7 Å². The predicted octanol–water partition coefficient (Wildman–Crippen LogP) is 3.64. The Bertz CT molecular complexity index is 1420. The second kappa shape index (κ2) is 6.99. The van der Waals surface area contributed by atoms with Crippen LogP contribution in [0.15, 0.2) is 71.1 Å². The normalized spacial score (nSPS) is 11.2. The van der Waals surface area contributed by atoms with E-state index < -0.39 is 0 Å². The Kier molecular flexibility index (Phi) is 4.18. The molecule has 2 N–H and O–H groups in total. The third-order valence-corrected chi connectivity index (χ3v) is 5.43. The van der Waals surface area contributed by atoms with Gasteiger partial charge in [-0.15, -0.1) is 11.3 Å². The highest BCUT2D eigenvalue weighted by Gasteiger charge is 2.13. The minimum atomic E-state index is -0.258. The number of fused-ring (bicyclic) bond motifs is 2. The standard InChI is InChI=1S/C21H15N5O2S/c27-19-10-23-26(18-8-4-2-6-14(18)19)11-20(28)25-21-24-17(12-29-21)15-9-22-16-7-3-1-5-13(15)16/h1-10,12,22H,11H2,(H,24,25,28). The van der Waals surface area contributed by atoms with Crippen molar-refractivity contribution >= 4 is 44.2 Å². The number of aromatic amines is 1. The Labute approximate surface area is 168 Å². The summed E-state index contributed by atoms with van der Waals surface area (Å²) < 4.78 is 1.51. The van der Waals surface area contributed by atoms with E-state index in [2.05, 4.69) is 20.4 Å². The molecule has 142 valence electrons. The Morgan fingerprint density at radius 2 is 1.90 bits per heavy atom. The van der Waals surface area contributed by atoms with E-state index in [0.717, 1.165) is 22.2 Å². The van der Waals surface area contributed by atoms with Crippen LogP contribution in [0, 0.1) is 0 Å². The Balaban J connectivity index is 1.37. The molecule has 0 saturated carbocycles. The van der Waals surface area contributed by atoms with Crippen LogP contribution in [0.1, 0.15) is 0 Å². The van der Waals surface area contributed by atoms with Crippen molar-refractivity contribution in [3.8, 4) is 11.3 Å². The molecule has 0 aliphatic heterocycles. The van der Waals surface area contributed by atoms with Gasteiger partial charge in [-0.2, -0.15) is 5.10 Å². The molecule has 7 nitrogen and oxygen atoms in total. The average Bonchev–Trinajstić information content (AvgIpc) is 3.37. The average molecular weight is 401 g/mol. The molecule has 29 heavy (non-hydrogen) atoms. The van der Waals surface area contributed by atoms with Crippen LogP contribution in [0.4, 0.5) is 5.13 Å². The van der Waals surface area contributed by atoms with Gasteiger partial charge in [0.2, 0.25) is 11.3 Å². The van der Waals surface area contributed by atoms with Gasteiger partial charge in [0, 0.05) is 33.4 Å². The van der Waals surface area contributed by atoms with E-state index in [1.165, 1.54) is 22.2 Å². The van der Waals surface area contributed by atoms with Crippen LogP contribution in [0.5, 0.6) is 0 Å². The van der Waals surface area contributed by atoms with E-state index >= 15 is 0 Å². The number of H-pyrrole nitrogens is 1. The summed E-state index contributed by atoms with van der Waals surface area (Å²) in [5, 5.41) is 11.0. The summed E-state index contributed by atoms with van der Waals surface area (Å²) in [5.41, 5.74) is 3.28. The van der Waals surface area contributed by atoms with Crippen molar-refractivity contribution in [3.63, 3.8) is 0 Å². The van der Waals surface area contributed by atoms with Gasteiger partial charge in [0.1, 0.15) is 6.54 Å². The summed E-state index contributed by atoms with van der Waals surface area (Å²) in [4.78, 5) is 32.2. The number of carbonyl (C=O) groups excluding carboxylic acids is 1. The number of hydrogen-bond acceptors (Lipinski definition) is 5. The highest BCUT2D eigenvalue weighted by Crippen LogP contribution is 2.30. The van der Waals surface area contributed by atoms with Gasteiger partial charge in [-0.3, -0.25) is 14.3 Å². The van der Waals surface area contributed by atoms with Gasteiger partial charge < -0.3 is 10.3 Å². The summed E-state index contributed by atoms with van der Waals surface area (Å²) in [6.45, 7) is -0.0111. The van der Waals surface area contributed by atoms with E-state index in [0.29, 0.717) is 16.0 Å². The number of carbonyl (C=O) groups is 1. The fraction of sp³-hybridized carbons (Fsp3) is 0.0476. The first-order valence-corrected chi connectivity index (χ1v) is 9.84. The molecule has 0 aliphatic rings. The SMILES string of the molecule is O=C(Cn1ncc(=O)c2ccccc21)Nc1nc(-c2c[nH]c3ccccc23)cs1. The van der Waals surface area contributed by atoms with Gasteiger partial charge in [-0.1, -0.05) is 30.3 Å². The van der Waals surface area contributed by atoms with Gasteiger partial charge in [0.05, 0.1) is 17.4 Å². The zero-order valence-electron chi connectivity index (χ0n) is 15.1. The van der Waals surface area contributed by atoms with Crippen LogP contribution in [0.25, 0.3) is 33.1 Å². The molecule has 0 bridgehead atoms. The van der Waals surface area contributed by atoms with Gasteiger partial charge in [0.15, 0.2) is 5.13 Å². The molecule has 8 heteroatoms. The summed E-state index contributed by atoms with van der Waals surface area (Å²) in [5.74, 6) is -0.258. The lowest BCUT2D eigenvalue weighted by molar-refractivity contribution is -0.116. The number of nitrogens with zero attached hydrogens (tertiary/aromatic N) is 3. The number of hydrogen-bond donors (Lipinski definition) is 2. The minimum Gasteiger partial charge on any atom is -0.360 e. The van der Waals surface area contributed by atoms with E-state index in [4.69, 9.17) is 0 Å². The fourth-order valence-corrected chi connectivity index (χ4v) is 4.05. The molecule has 2 aromatic carbocycles. The maximum Gasteiger partial charge on any atom is 0.247 e. The number of amides is 1. The topological polar surface area (TPSA) is 92.7 Å². The molecule has 0 fully saturated rings. The van der Waals surface area contributed by atoms with Crippen molar-refractivity contribution in [2.75, 3.05) is 5.32 Å². The molecule has 0 spiro atoms. The molecule has 5 rings (SSSR count). The first-order valence-electron chi connectivity index (χ1n) is 8.96. The van der Waals surface area contributed by atoms with E-state index in [1.54, 1.807) is 18.2 Å². The molecule has 3 aromatic heterocycles. The number of thiazole rings is 1. The molecule has 0 aliphatic carbocycles. The third kappa shape index (κ3) is 3.19. The summed E-state index contributed by atoms with van der Waals surface area (Å²) in [7, 11) is 0. The van der Waals surface area contributed by atoms with Crippen molar-refractivity contribution < 1.29 is 4.79 Å². The summed E-state index contributed by atoms with van der Waals surface area (Å²) in [6, 6.07) is 15.1. The van der Waals surface area contributed by atoms with Crippen molar-refractivity contribution in [1.82, 2.24) is 19.7 Å². The van der Waals surface area contributed by atoms with Crippen LogP contribution >= 0.6 is 11.3 Å². The number of aromatic nitrogens is 4. The second-order valence-corrected chi connectivity index (χ2v) is 7.38. The van der Waals surface area contributed by atoms with Crippen molar-refractivity contribution in [1.29, 1.82) is 0 Å². The Morgan fingerprint density at radius 3 is 2.79 bits per heavy atom. The van der Waals surface area contributed by atoms with Gasteiger partial charge >= 0.3 is 0 Å². The number of para-hydroxylation sites is 2. The van der Waals surface area contributed by atoms with Gasteiger partial charge in [-0.05, 0) is 18.2 Å². The monoisotopic (exact) mass is 401 g/mol. The lowest BCUT2D eigenvalue weighted by atomic mass is 10.1. The Hall–Kier alpha value is -3.78. The zero-order chi connectivity index (χ0) is 19.8. The zero-order valence-corrected chi connectivity index (χ0v) is 15.9. The van der Waals surface area contributed by atoms with Crippen LogP contribution in [-0.2, 0) is 11.3 Å². The van der Waals surface area contributed by atoms with Gasteiger partial charge in [0.25, 0.3) is 0 Å². The predicted molar refractivity (Wildman–Crippen MR) is 114 cm³/mol. The number of nitrogens with one attached hydrogen (secondary N) is 2. The number of anilines is 1. The molecular formula is C21H15N5O2S. The van der Waals surface area contributed by atoms with Crippen LogP contribution in [-0.4, -0.2) is 25.7 Å². The molecule has 1 amide bonds. The second-order valence-electron chi connectivity index (χ2n) is 6.52. The fourth-order valence-electron chi connectivity index (χ4n) is 3.32. The summed E-state index contributed by atoms with van der Waals surface area (Å²) >= 11 is 1.36. The number of benzene rings is 2. The van der Waals surface area contributed by atoms with Crippen molar-refractivity contribution in [3.05, 3.63) is 76.5 Å². The van der Waals surface area contributed by atoms with Crippen LogP contribution in [0.3, 0.4) is 0 Å². The first kappa shape index (κ1) is 17.3. The number of rotatable bonds is 4. The molecule has 0 atom stereocenters. The maximum absolute atomic E-state index is 12.5. The Morgan fingerprint density at radius 1 is 1.10 bits per heavy atom. The molecule has 0 radical (unpaired) electrons. The van der Waals surface area contributed by atoms with Gasteiger partial charge in [-0.25, -0.2) is 4.98 Å². The third-order valence-electron chi connectivity index (χ3n) is 4.67. The minimum absolute atomic E-state index is 0.0111. The van der Waals surface area contributed by atoms with E-state index in [9.17, 15) is 9.59 Å². The summed E-state index contributed by atoms with van der Waals surface area (Å²) in [6.07, 6.45) is 3.15. The molecule has 0 saturated heterocycles. The molecule has 0 unspecified atom stereocenters. The lowest BCUT2D eigenvalue weighted by Gasteiger charge is -2.08. The van der Waals surface area contributed by atoms with Crippen molar-refractivity contribution in [2.24, 2.45) is 0 Å². The lowest BCUT2D eigenvalue weighted by Crippen LogP contribution is -2.22. The highest BCUT2D eigenvalue weighted by molar-refractivity contribution is 7.14. The smallest absolute Gasteiger partial charge is 0.247 e. The molecular weight excluding hydrogens is 386 g/mol. The largest absolute Gasteiger partial charge is 0.360 e. The molecule has 5 aromatic rings. The van der Waals surface area contributed by atoms with Crippen LogP contribution in [0.2, 0.25) is 0 Å². The quantitative estimate of drug-likeness (QED) is 0.481.